The van der Waals surface area contributed by atoms with Gasteiger partial charge in [-0.3, -0.25) is 14.4 Å². The lowest BCUT2D eigenvalue weighted by molar-refractivity contribution is -0.167. The van der Waals surface area contributed by atoms with Crippen LogP contribution in [-0.2, 0) is 28.6 Å². The Kier molecular flexibility index (Phi) is 48.6. The van der Waals surface area contributed by atoms with E-state index < -0.39 is 6.10 Å². The van der Waals surface area contributed by atoms with E-state index in [4.69, 9.17) is 14.2 Å². The summed E-state index contributed by atoms with van der Waals surface area (Å²) in [6, 6.07) is 0. The smallest absolute Gasteiger partial charge is 0.306 e. The molecule has 0 aliphatic rings. The zero-order chi connectivity index (χ0) is 46.1. The number of rotatable bonds is 51. The standard InChI is InChI=1S/C57H110O6/c1-6-7-8-9-10-11-12-13-14-15-16-17-18-21-27-32-37-42-47-55(58)61-50-54(51-62-56(59)48-43-38-33-28-24-23-26-31-36-41-46-53(4)5)63-57(60)49-44-39-34-29-22-19-20-25-30-35-40-45-52(2)3/h52-54H,6-51H2,1-5H3/t54-/m1/s1. The summed E-state index contributed by atoms with van der Waals surface area (Å²) in [4.78, 5) is 38.1. The summed E-state index contributed by atoms with van der Waals surface area (Å²) in [5.41, 5.74) is 0. The van der Waals surface area contributed by atoms with E-state index in [-0.39, 0.29) is 31.1 Å². The zero-order valence-corrected chi connectivity index (χ0v) is 43.2. The van der Waals surface area contributed by atoms with Crippen LogP contribution in [0.2, 0.25) is 0 Å². The van der Waals surface area contributed by atoms with Crippen LogP contribution < -0.4 is 0 Å². The molecule has 0 unspecified atom stereocenters. The molecule has 63 heavy (non-hydrogen) atoms. The van der Waals surface area contributed by atoms with Gasteiger partial charge < -0.3 is 14.2 Å². The second-order valence-electron chi connectivity index (χ2n) is 20.5. The van der Waals surface area contributed by atoms with Crippen LogP contribution in [0.5, 0.6) is 0 Å². The van der Waals surface area contributed by atoms with Crippen LogP contribution in [0.15, 0.2) is 0 Å². The molecule has 0 aromatic rings. The van der Waals surface area contributed by atoms with E-state index in [1.54, 1.807) is 0 Å². The lowest BCUT2D eigenvalue weighted by Gasteiger charge is -2.18. The molecule has 0 aliphatic carbocycles. The van der Waals surface area contributed by atoms with E-state index in [0.29, 0.717) is 19.3 Å². The van der Waals surface area contributed by atoms with Crippen LogP contribution in [0.1, 0.15) is 317 Å². The summed E-state index contributed by atoms with van der Waals surface area (Å²) < 4.78 is 16.9. The highest BCUT2D eigenvalue weighted by Crippen LogP contribution is 2.18. The van der Waals surface area contributed by atoms with Crippen molar-refractivity contribution in [2.75, 3.05) is 13.2 Å². The van der Waals surface area contributed by atoms with Crippen LogP contribution in [0, 0.1) is 11.8 Å². The Morgan fingerprint density at radius 3 is 0.778 bits per heavy atom. The molecule has 6 nitrogen and oxygen atoms in total. The Labute approximate surface area is 393 Å². The fourth-order valence-corrected chi connectivity index (χ4v) is 8.70. The molecule has 0 spiro atoms. The average Bonchev–Trinajstić information content (AvgIpc) is 3.25. The molecular weight excluding hydrogens is 781 g/mol. The summed E-state index contributed by atoms with van der Waals surface area (Å²) in [6.45, 7) is 11.4. The van der Waals surface area contributed by atoms with Gasteiger partial charge >= 0.3 is 17.9 Å². The minimum absolute atomic E-state index is 0.0631. The molecule has 0 bridgehead atoms. The molecule has 1 atom stereocenters. The van der Waals surface area contributed by atoms with Gasteiger partial charge in [-0.05, 0) is 31.1 Å². The number of esters is 3. The van der Waals surface area contributed by atoms with Crippen LogP contribution in [0.4, 0.5) is 0 Å². The molecule has 0 rings (SSSR count). The van der Waals surface area contributed by atoms with Gasteiger partial charge in [0.25, 0.3) is 0 Å². The lowest BCUT2D eigenvalue weighted by Crippen LogP contribution is -2.30. The highest BCUT2D eigenvalue weighted by atomic mass is 16.6. The fraction of sp³-hybridized carbons (Fsp3) is 0.947. The van der Waals surface area contributed by atoms with Gasteiger partial charge in [0, 0.05) is 19.3 Å². The summed E-state index contributed by atoms with van der Waals surface area (Å²) in [5, 5.41) is 0. The average molecular weight is 892 g/mol. The Bertz CT molecular complexity index is 962. The highest BCUT2D eigenvalue weighted by molar-refractivity contribution is 5.71. The molecule has 0 N–H and O–H groups in total. The van der Waals surface area contributed by atoms with Gasteiger partial charge in [-0.15, -0.1) is 0 Å². The van der Waals surface area contributed by atoms with E-state index in [9.17, 15) is 14.4 Å². The molecule has 6 heteroatoms. The second kappa shape index (κ2) is 49.8. The number of carbonyl (C=O) groups is 3. The molecule has 374 valence electrons. The summed E-state index contributed by atoms with van der Waals surface area (Å²) in [5.74, 6) is 0.800. The first-order valence-electron chi connectivity index (χ1n) is 28.2. The molecule has 0 fully saturated rings. The lowest BCUT2D eigenvalue weighted by atomic mass is 10.0. The molecule has 0 aliphatic heterocycles. The van der Waals surface area contributed by atoms with Crippen molar-refractivity contribution < 1.29 is 28.6 Å². The largest absolute Gasteiger partial charge is 0.462 e. The third kappa shape index (κ3) is 51.3. The Morgan fingerprint density at radius 2 is 0.524 bits per heavy atom. The molecule has 0 saturated heterocycles. The van der Waals surface area contributed by atoms with Gasteiger partial charge in [-0.1, -0.05) is 279 Å². The van der Waals surface area contributed by atoms with Gasteiger partial charge in [-0.2, -0.15) is 0 Å². The molecular formula is C57H110O6. The van der Waals surface area contributed by atoms with E-state index in [1.165, 1.54) is 205 Å². The monoisotopic (exact) mass is 891 g/mol. The second-order valence-corrected chi connectivity index (χ2v) is 20.5. The van der Waals surface area contributed by atoms with E-state index in [0.717, 1.165) is 69.6 Å². The van der Waals surface area contributed by atoms with Crippen molar-refractivity contribution in [1.29, 1.82) is 0 Å². The molecule has 0 radical (unpaired) electrons. The first-order chi connectivity index (χ1) is 30.7. The predicted molar refractivity (Wildman–Crippen MR) is 270 cm³/mol. The summed E-state index contributed by atoms with van der Waals surface area (Å²) >= 11 is 0. The highest BCUT2D eigenvalue weighted by Gasteiger charge is 2.19. The van der Waals surface area contributed by atoms with Crippen molar-refractivity contribution in [1.82, 2.24) is 0 Å². The topological polar surface area (TPSA) is 78.9 Å². The van der Waals surface area contributed by atoms with Gasteiger partial charge in [0.2, 0.25) is 0 Å². The normalized spacial score (nSPS) is 12.0. The molecule has 0 amide bonds. The van der Waals surface area contributed by atoms with Gasteiger partial charge in [0.15, 0.2) is 6.10 Å². The number of unbranched alkanes of at least 4 members (excludes halogenated alkanes) is 36. The Morgan fingerprint density at radius 1 is 0.302 bits per heavy atom. The Balaban J connectivity index is 4.28. The van der Waals surface area contributed by atoms with Crippen molar-refractivity contribution in [2.45, 2.75) is 323 Å². The van der Waals surface area contributed by atoms with Crippen molar-refractivity contribution in [3.05, 3.63) is 0 Å². The van der Waals surface area contributed by atoms with Crippen molar-refractivity contribution in [3.63, 3.8) is 0 Å². The minimum Gasteiger partial charge on any atom is -0.462 e. The fourth-order valence-electron chi connectivity index (χ4n) is 8.70. The van der Waals surface area contributed by atoms with Crippen LogP contribution in [0.25, 0.3) is 0 Å². The van der Waals surface area contributed by atoms with Crippen molar-refractivity contribution in [2.24, 2.45) is 11.8 Å². The predicted octanol–water partition coefficient (Wildman–Crippen LogP) is 18.5. The van der Waals surface area contributed by atoms with Crippen LogP contribution >= 0.6 is 0 Å². The molecule has 0 heterocycles. The van der Waals surface area contributed by atoms with Crippen LogP contribution in [0.3, 0.4) is 0 Å². The zero-order valence-electron chi connectivity index (χ0n) is 43.2. The Hall–Kier alpha value is -1.59. The first kappa shape index (κ1) is 61.4. The number of hydrogen-bond donors (Lipinski definition) is 0. The van der Waals surface area contributed by atoms with Crippen molar-refractivity contribution in [3.8, 4) is 0 Å². The molecule has 0 aromatic carbocycles. The van der Waals surface area contributed by atoms with Crippen molar-refractivity contribution >= 4 is 17.9 Å². The number of hydrogen-bond acceptors (Lipinski definition) is 6. The van der Waals surface area contributed by atoms with Gasteiger partial charge in [-0.25, -0.2) is 0 Å². The SMILES string of the molecule is CCCCCCCCCCCCCCCCCCCCC(=O)OC[C@H](COC(=O)CCCCCCCCCCCCC(C)C)OC(=O)CCCCCCCCCCCCCC(C)C. The maximum Gasteiger partial charge on any atom is 0.306 e. The third-order valence-corrected chi connectivity index (χ3v) is 13.0. The number of ether oxygens (including phenoxy) is 3. The van der Waals surface area contributed by atoms with E-state index in [2.05, 4.69) is 34.6 Å². The number of carbonyl (C=O) groups excluding carboxylic acids is 3. The van der Waals surface area contributed by atoms with Crippen LogP contribution in [-0.4, -0.2) is 37.2 Å². The molecule has 0 aromatic heterocycles. The van der Waals surface area contributed by atoms with E-state index in [1.807, 2.05) is 0 Å². The third-order valence-electron chi connectivity index (χ3n) is 13.0. The first-order valence-corrected chi connectivity index (χ1v) is 28.2. The maximum atomic E-state index is 12.8. The van der Waals surface area contributed by atoms with Gasteiger partial charge in [0.05, 0.1) is 0 Å². The molecule has 0 saturated carbocycles. The summed E-state index contributed by atoms with van der Waals surface area (Å²) in [7, 11) is 0. The minimum atomic E-state index is -0.763. The maximum absolute atomic E-state index is 12.8. The van der Waals surface area contributed by atoms with Gasteiger partial charge in [0.1, 0.15) is 13.2 Å². The quantitative estimate of drug-likeness (QED) is 0.0344. The summed E-state index contributed by atoms with van der Waals surface area (Å²) in [6.07, 6.45) is 52.4. The van der Waals surface area contributed by atoms with E-state index >= 15 is 0 Å².